The fourth-order valence-electron chi connectivity index (χ4n) is 4.52. The number of rotatable bonds is 8. The number of aromatic amines is 1. The molecular formula is C31H25F3N2O2. The average molecular weight is 515 g/mol. The molecule has 0 spiro atoms. The van der Waals surface area contributed by atoms with Gasteiger partial charge in [-0.25, -0.2) is 0 Å². The SMILES string of the molecule is O=C(CC(c1cccc(Oc2ccccc2)c1)c1c[nH]c2ccccc12)NCc1cccc(C(F)(F)F)c1. The van der Waals surface area contributed by atoms with E-state index < -0.39 is 11.7 Å². The van der Waals surface area contributed by atoms with Crippen LogP contribution in [0.2, 0.25) is 0 Å². The number of H-pyrrole nitrogens is 1. The number of carbonyl (C=O) groups excluding carboxylic acids is 1. The molecule has 192 valence electrons. The number of fused-ring (bicyclic) bond motifs is 1. The Balaban J connectivity index is 1.40. The lowest BCUT2D eigenvalue weighted by molar-refractivity contribution is -0.137. The number of alkyl halides is 3. The standard InChI is InChI=1S/C31H25F3N2O2/c32-31(33,34)23-10-6-8-21(16-23)19-36-30(37)18-27(28-20-35-29-15-5-4-14-26(28)29)22-9-7-13-25(17-22)38-24-11-2-1-3-12-24/h1-17,20,27,35H,18-19H2,(H,36,37). The molecule has 1 atom stereocenters. The van der Waals surface area contributed by atoms with E-state index in [0.717, 1.165) is 34.2 Å². The summed E-state index contributed by atoms with van der Waals surface area (Å²) in [7, 11) is 0. The van der Waals surface area contributed by atoms with Crippen molar-refractivity contribution in [2.45, 2.75) is 25.1 Å². The molecule has 5 rings (SSSR count). The second-order valence-electron chi connectivity index (χ2n) is 9.01. The van der Waals surface area contributed by atoms with Crippen molar-refractivity contribution in [3.05, 3.63) is 132 Å². The third kappa shape index (κ3) is 5.89. The molecule has 0 fully saturated rings. The molecule has 0 bridgehead atoms. The van der Waals surface area contributed by atoms with Gasteiger partial charge in [-0.1, -0.05) is 60.7 Å². The van der Waals surface area contributed by atoms with Crippen LogP contribution in [0.5, 0.6) is 11.5 Å². The van der Waals surface area contributed by atoms with E-state index in [1.54, 1.807) is 6.07 Å². The van der Waals surface area contributed by atoms with E-state index in [0.29, 0.717) is 17.1 Å². The minimum atomic E-state index is -4.44. The van der Waals surface area contributed by atoms with Gasteiger partial charge in [0, 0.05) is 36.0 Å². The first kappa shape index (κ1) is 25.1. The zero-order valence-electron chi connectivity index (χ0n) is 20.3. The number of halogens is 3. The first-order chi connectivity index (χ1) is 18.4. The molecule has 5 aromatic rings. The van der Waals surface area contributed by atoms with Crippen LogP contribution in [0, 0.1) is 0 Å². The van der Waals surface area contributed by atoms with Crippen LogP contribution in [0.1, 0.15) is 34.6 Å². The van der Waals surface area contributed by atoms with E-state index >= 15 is 0 Å². The number of amides is 1. The van der Waals surface area contributed by atoms with Crippen molar-refractivity contribution in [2.24, 2.45) is 0 Å². The number of benzene rings is 4. The molecular weight excluding hydrogens is 489 g/mol. The Labute approximate surface area is 218 Å². The Kier molecular flexibility index (Phi) is 7.18. The van der Waals surface area contributed by atoms with Gasteiger partial charge in [-0.3, -0.25) is 4.79 Å². The predicted octanol–water partition coefficient (Wildman–Crippen LogP) is 7.82. The predicted molar refractivity (Wildman–Crippen MR) is 141 cm³/mol. The van der Waals surface area contributed by atoms with Gasteiger partial charge in [0.25, 0.3) is 0 Å². The first-order valence-corrected chi connectivity index (χ1v) is 12.2. The summed E-state index contributed by atoms with van der Waals surface area (Å²) in [6.07, 6.45) is -2.43. The van der Waals surface area contributed by atoms with Gasteiger partial charge in [0.15, 0.2) is 0 Å². The summed E-state index contributed by atoms with van der Waals surface area (Å²) in [5.41, 5.74) is 2.43. The number of nitrogens with one attached hydrogen (secondary N) is 2. The van der Waals surface area contributed by atoms with Crippen molar-refractivity contribution in [1.82, 2.24) is 10.3 Å². The van der Waals surface area contributed by atoms with Gasteiger partial charge < -0.3 is 15.0 Å². The molecule has 4 nitrogen and oxygen atoms in total. The number of hydrogen-bond acceptors (Lipinski definition) is 2. The van der Waals surface area contributed by atoms with Crippen LogP contribution < -0.4 is 10.1 Å². The molecule has 2 N–H and O–H groups in total. The van der Waals surface area contributed by atoms with E-state index in [-0.39, 0.29) is 24.8 Å². The second-order valence-corrected chi connectivity index (χ2v) is 9.01. The molecule has 0 saturated heterocycles. The van der Waals surface area contributed by atoms with Crippen molar-refractivity contribution in [1.29, 1.82) is 0 Å². The molecule has 1 heterocycles. The number of carbonyl (C=O) groups is 1. The Bertz CT molecular complexity index is 1540. The maximum absolute atomic E-state index is 13.1. The Hall–Kier alpha value is -4.52. The molecule has 0 aliphatic rings. The average Bonchev–Trinajstić information content (AvgIpc) is 3.35. The fraction of sp³-hybridized carbons (Fsp3) is 0.129. The summed E-state index contributed by atoms with van der Waals surface area (Å²) < 4.78 is 45.3. The minimum absolute atomic E-state index is 0.000512. The summed E-state index contributed by atoms with van der Waals surface area (Å²) in [6.45, 7) is 0.000512. The Morgan fingerprint density at radius 1 is 0.842 bits per heavy atom. The molecule has 0 saturated carbocycles. The highest BCUT2D eigenvalue weighted by Crippen LogP contribution is 2.36. The van der Waals surface area contributed by atoms with Crippen molar-refractivity contribution in [3.63, 3.8) is 0 Å². The van der Waals surface area contributed by atoms with Crippen LogP contribution in [0.4, 0.5) is 13.2 Å². The summed E-state index contributed by atoms with van der Waals surface area (Å²) in [5, 5.41) is 3.79. The van der Waals surface area contributed by atoms with E-state index in [4.69, 9.17) is 4.74 Å². The highest BCUT2D eigenvalue weighted by atomic mass is 19.4. The van der Waals surface area contributed by atoms with Crippen LogP contribution in [0.25, 0.3) is 10.9 Å². The van der Waals surface area contributed by atoms with Gasteiger partial charge >= 0.3 is 6.18 Å². The molecule has 0 aliphatic carbocycles. The maximum Gasteiger partial charge on any atom is 0.416 e. The number of hydrogen-bond donors (Lipinski definition) is 2. The van der Waals surface area contributed by atoms with Crippen LogP contribution in [-0.4, -0.2) is 10.9 Å². The zero-order valence-corrected chi connectivity index (χ0v) is 20.3. The van der Waals surface area contributed by atoms with Crippen molar-refractivity contribution < 1.29 is 22.7 Å². The zero-order chi connectivity index (χ0) is 26.5. The second kappa shape index (κ2) is 10.8. The van der Waals surface area contributed by atoms with E-state index in [1.165, 1.54) is 6.07 Å². The molecule has 4 aromatic carbocycles. The highest BCUT2D eigenvalue weighted by Gasteiger charge is 2.30. The molecule has 0 radical (unpaired) electrons. The molecule has 1 aromatic heterocycles. The van der Waals surface area contributed by atoms with Crippen LogP contribution in [0.15, 0.2) is 109 Å². The van der Waals surface area contributed by atoms with Gasteiger partial charge in [-0.05, 0) is 59.2 Å². The first-order valence-electron chi connectivity index (χ1n) is 12.2. The number of para-hydroxylation sites is 2. The molecule has 0 aliphatic heterocycles. The summed E-state index contributed by atoms with van der Waals surface area (Å²) >= 11 is 0. The van der Waals surface area contributed by atoms with Gasteiger partial charge in [-0.2, -0.15) is 13.2 Å². The smallest absolute Gasteiger partial charge is 0.416 e. The largest absolute Gasteiger partial charge is 0.457 e. The molecule has 38 heavy (non-hydrogen) atoms. The normalized spacial score (nSPS) is 12.3. The highest BCUT2D eigenvalue weighted by molar-refractivity contribution is 5.86. The minimum Gasteiger partial charge on any atom is -0.457 e. The molecule has 7 heteroatoms. The summed E-state index contributed by atoms with van der Waals surface area (Å²) in [6, 6.07) is 29.9. The topological polar surface area (TPSA) is 54.1 Å². The van der Waals surface area contributed by atoms with Crippen molar-refractivity contribution >= 4 is 16.8 Å². The lowest BCUT2D eigenvalue weighted by atomic mass is 9.88. The fourth-order valence-corrected chi connectivity index (χ4v) is 4.52. The maximum atomic E-state index is 13.1. The Morgan fingerprint density at radius 3 is 2.39 bits per heavy atom. The lowest BCUT2D eigenvalue weighted by Crippen LogP contribution is -2.25. The summed E-state index contributed by atoms with van der Waals surface area (Å²) in [5.74, 6) is 0.758. The van der Waals surface area contributed by atoms with Crippen LogP contribution in [0.3, 0.4) is 0 Å². The van der Waals surface area contributed by atoms with Gasteiger partial charge in [-0.15, -0.1) is 0 Å². The Morgan fingerprint density at radius 2 is 1.58 bits per heavy atom. The lowest BCUT2D eigenvalue weighted by Gasteiger charge is -2.18. The number of ether oxygens (including phenoxy) is 1. The quantitative estimate of drug-likeness (QED) is 0.222. The summed E-state index contributed by atoms with van der Waals surface area (Å²) in [4.78, 5) is 16.4. The molecule has 1 amide bonds. The third-order valence-corrected chi connectivity index (χ3v) is 6.37. The van der Waals surface area contributed by atoms with E-state index in [1.807, 2.05) is 85.1 Å². The van der Waals surface area contributed by atoms with Gasteiger partial charge in [0.05, 0.1) is 5.56 Å². The monoisotopic (exact) mass is 514 g/mol. The van der Waals surface area contributed by atoms with Gasteiger partial charge in [0.1, 0.15) is 11.5 Å². The van der Waals surface area contributed by atoms with Gasteiger partial charge in [0.2, 0.25) is 5.91 Å². The van der Waals surface area contributed by atoms with Crippen molar-refractivity contribution in [2.75, 3.05) is 0 Å². The number of aromatic nitrogens is 1. The van der Waals surface area contributed by atoms with Crippen molar-refractivity contribution in [3.8, 4) is 11.5 Å². The van der Waals surface area contributed by atoms with E-state index in [9.17, 15) is 18.0 Å². The molecule has 1 unspecified atom stereocenters. The van der Waals surface area contributed by atoms with Crippen LogP contribution in [-0.2, 0) is 17.5 Å². The third-order valence-electron chi connectivity index (χ3n) is 6.37. The van der Waals surface area contributed by atoms with Crippen LogP contribution >= 0.6 is 0 Å². The van der Waals surface area contributed by atoms with E-state index in [2.05, 4.69) is 10.3 Å².